The van der Waals surface area contributed by atoms with Crippen molar-refractivity contribution in [1.29, 1.82) is 0 Å². The first kappa shape index (κ1) is 23.9. The molecule has 1 unspecified atom stereocenters. The number of hydrogen-bond acceptors (Lipinski definition) is 5. The van der Waals surface area contributed by atoms with Gasteiger partial charge >= 0.3 is 0 Å². The fourth-order valence-electron chi connectivity index (χ4n) is 3.55. The molecule has 1 fully saturated rings. The normalized spacial score (nSPS) is 16.9. The molecule has 1 aliphatic rings. The summed E-state index contributed by atoms with van der Waals surface area (Å²) in [6.07, 6.45) is 3.04. The summed E-state index contributed by atoms with van der Waals surface area (Å²) in [5.41, 5.74) is 0.988. The van der Waals surface area contributed by atoms with Crippen molar-refractivity contribution in [3.8, 4) is 0 Å². The molecule has 0 aliphatic carbocycles. The van der Waals surface area contributed by atoms with E-state index in [2.05, 4.69) is 15.1 Å². The average molecular weight is 422 g/mol. The minimum Gasteiger partial charge on any atom is -0.341 e. The number of halogens is 1. The molecule has 27 heavy (non-hydrogen) atoms. The second-order valence-electron chi connectivity index (χ2n) is 7.13. The number of piperidine rings is 1. The van der Waals surface area contributed by atoms with Gasteiger partial charge in [-0.3, -0.25) is 9.48 Å². The first-order chi connectivity index (χ1) is 12.2. The standard InChI is InChI=1S/C17H31N5O3S.ClH/c1-12-16(14(3)21(5)19-12)26(24,25)20-13(2)17(23)22-10-7-15(8-11-22)6-9-18-4;/h13,15,18,20H,6-11H2,1-5H3;1H. The number of aromatic nitrogens is 2. The molecule has 0 bridgehead atoms. The maximum Gasteiger partial charge on any atom is 0.244 e. The van der Waals surface area contributed by atoms with Gasteiger partial charge in [-0.1, -0.05) is 0 Å². The highest BCUT2D eigenvalue weighted by molar-refractivity contribution is 7.89. The van der Waals surface area contributed by atoms with Crippen LogP contribution in [0, 0.1) is 19.8 Å². The smallest absolute Gasteiger partial charge is 0.244 e. The molecule has 156 valence electrons. The van der Waals surface area contributed by atoms with Gasteiger partial charge in [-0.25, -0.2) is 8.42 Å². The van der Waals surface area contributed by atoms with Crippen LogP contribution in [-0.4, -0.2) is 61.7 Å². The van der Waals surface area contributed by atoms with Crippen molar-refractivity contribution < 1.29 is 13.2 Å². The summed E-state index contributed by atoms with van der Waals surface area (Å²) < 4.78 is 29.5. The first-order valence-corrected chi connectivity index (χ1v) is 10.6. The Bertz CT molecular complexity index is 742. The van der Waals surface area contributed by atoms with Crippen LogP contribution >= 0.6 is 12.4 Å². The molecule has 10 heteroatoms. The highest BCUT2D eigenvalue weighted by atomic mass is 35.5. The van der Waals surface area contributed by atoms with Crippen molar-refractivity contribution in [2.24, 2.45) is 13.0 Å². The summed E-state index contributed by atoms with van der Waals surface area (Å²) in [7, 11) is -0.150. The van der Waals surface area contributed by atoms with E-state index in [0.717, 1.165) is 25.8 Å². The molecule has 1 amide bonds. The monoisotopic (exact) mass is 421 g/mol. The Morgan fingerprint density at radius 3 is 2.37 bits per heavy atom. The number of hydrogen-bond donors (Lipinski definition) is 2. The van der Waals surface area contributed by atoms with Gasteiger partial charge in [0.25, 0.3) is 0 Å². The van der Waals surface area contributed by atoms with Gasteiger partial charge < -0.3 is 10.2 Å². The minimum absolute atomic E-state index is 0. The van der Waals surface area contributed by atoms with Gasteiger partial charge in [0.2, 0.25) is 15.9 Å². The van der Waals surface area contributed by atoms with Gasteiger partial charge in [-0.05, 0) is 59.5 Å². The third-order valence-electron chi connectivity index (χ3n) is 5.14. The van der Waals surface area contributed by atoms with Gasteiger partial charge in [0.15, 0.2) is 0 Å². The number of aryl methyl sites for hydroxylation is 2. The largest absolute Gasteiger partial charge is 0.341 e. The Morgan fingerprint density at radius 2 is 1.89 bits per heavy atom. The van der Waals surface area contributed by atoms with Crippen LogP contribution in [0.2, 0.25) is 0 Å². The Hall–Kier alpha value is -1.16. The molecule has 1 saturated heterocycles. The van der Waals surface area contributed by atoms with Gasteiger partial charge in [0.1, 0.15) is 4.90 Å². The Kier molecular flexibility index (Phi) is 8.72. The van der Waals surface area contributed by atoms with Crippen LogP contribution in [0.25, 0.3) is 0 Å². The molecule has 2 heterocycles. The number of rotatable bonds is 7. The molecule has 2 N–H and O–H groups in total. The van der Waals surface area contributed by atoms with E-state index >= 15 is 0 Å². The molecule has 8 nitrogen and oxygen atoms in total. The van der Waals surface area contributed by atoms with Crippen LogP contribution in [0.4, 0.5) is 0 Å². The lowest BCUT2D eigenvalue weighted by atomic mass is 9.93. The summed E-state index contributed by atoms with van der Waals surface area (Å²) in [4.78, 5) is 14.6. The fourth-order valence-corrected chi connectivity index (χ4v) is 5.18. The molecule has 2 rings (SSSR count). The van der Waals surface area contributed by atoms with Crippen molar-refractivity contribution >= 4 is 28.3 Å². The summed E-state index contributed by atoms with van der Waals surface area (Å²) in [5.74, 6) is 0.457. The average Bonchev–Trinajstić information content (AvgIpc) is 2.85. The zero-order valence-electron chi connectivity index (χ0n) is 16.8. The molecule has 0 aromatic carbocycles. The molecule has 0 saturated carbocycles. The number of nitrogens with one attached hydrogen (secondary N) is 2. The minimum atomic E-state index is -3.80. The number of amides is 1. The first-order valence-electron chi connectivity index (χ1n) is 9.13. The number of sulfonamides is 1. The van der Waals surface area contributed by atoms with E-state index in [-0.39, 0.29) is 23.2 Å². The summed E-state index contributed by atoms with van der Waals surface area (Å²) in [5, 5.41) is 7.30. The van der Waals surface area contributed by atoms with E-state index in [1.165, 1.54) is 4.68 Å². The zero-order valence-corrected chi connectivity index (χ0v) is 18.4. The molecular weight excluding hydrogens is 390 g/mol. The summed E-state index contributed by atoms with van der Waals surface area (Å²) in [6, 6.07) is -0.798. The molecule has 0 radical (unpaired) electrons. The van der Waals surface area contributed by atoms with Crippen molar-refractivity contribution in [2.75, 3.05) is 26.7 Å². The van der Waals surface area contributed by atoms with E-state index in [9.17, 15) is 13.2 Å². The van der Waals surface area contributed by atoms with E-state index in [1.807, 2.05) is 7.05 Å². The second kappa shape index (κ2) is 9.86. The molecule has 1 aliphatic heterocycles. The predicted octanol–water partition coefficient (Wildman–Crippen LogP) is 0.974. The molecular formula is C17H32ClN5O3S. The third-order valence-corrected chi connectivity index (χ3v) is 6.93. The van der Waals surface area contributed by atoms with Crippen LogP contribution in [0.3, 0.4) is 0 Å². The molecule has 1 atom stereocenters. The molecule has 1 aromatic heterocycles. The topological polar surface area (TPSA) is 96.3 Å². The van der Waals surface area contributed by atoms with E-state index in [0.29, 0.717) is 30.4 Å². The number of carbonyl (C=O) groups excluding carboxylic acids is 1. The summed E-state index contributed by atoms with van der Waals surface area (Å²) >= 11 is 0. The van der Waals surface area contributed by atoms with Gasteiger partial charge in [0, 0.05) is 20.1 Å². The highest BCUT2D eigenvalue weighted by Crippen LogP contribution is 2.22. The van der Waals surface area contributed by atoms with Crippen LogP contribution < -0.4 is 10.0 Å². The number of likely N-dealkylation sites (tertiary alicyclic amines) is 1. The van der Waals surface area contributed by atoms with Crippen molar-refractivity contribution in [2.45, 2.75) is 51.0 Å². The van der Waals surface area contributed by atoms with Crippen molar-refractivity contribution in [3.63, 3.8) is 0 Å². The van der Waals surface area contributed by atoms with Crippen LogP contribution in [-0.2, 0) is 21.9 Å². The maximum absolute atomic E-state index is 12.7. The lowest BCUT2D eigenvalue weighted by Gasteiger charge is -2.33. The Balaban J connectivity index is 0.00000364. The third kappa shape index (κ3) is 5.66. The molecule has 1 aromatic rings. The van der Waals surface area contributed by atoms with Crippen molar-refractivity contribution in [3.05, 3.63) is 11.4 Å². The number of nitrogens with zero attached hydrogens (tertiary/aromatic N) is 3. The zero-order chi connectivity index (χ0) is 19.5. The second-order valence-corrected chi connectivity index (χ2v) is 8.78. The van der Waals surface area contributed by atoms with Crippen LogP contribution in [0.5, 0.6) is 0 Å². The molecule has 0 spiro atoms. The quantitative estimate of drug-likeness (QED) is 0.683. The van der Waals surface area contributed by atoms with E-state index < -0.39 is 16.1 Å². The fraction of sp³-hybridized carbons (Fsp3) is 0.765. The summed E-state index contributed by atoms with van der Waals surface area (Å²) in [6.45, 7) is 7.32. The highest BCUT2D eigenvalue weighted by Gasteiger charge is 2.31. The predicted molar refractivity (Wildman–Crippen MR) is 108 cm³/mol. The SMILES string of the molecule is CNCCC1CCN(C(=O)C(C)NS(=O)(=O)c2c(C)nn(C)c2C)CC1.Cl. The Labute approximate surface area is 168 Å². The lowest BCUT2D eigenvalue weighted by molar-refractivity contribution is -0.134. The van der Waals surface area contributed by atoms with Crippen LogP contribution in [0.15, 0.2) is 4.90 Å². The van der Waals surface area contributed by atoms with Crippen molar-refractivity contribution in [1.82, 2.24) is 24.7 Å². The lowest BCUT2D eigenvalue weighted by Crippen LogP contribution is -2.49. The van der Waals surface area contributed by atoms with E-state index in [4.69, 9.17) is 0 Å². The van der Waals surface area contributed by atoms with Gasteiger partial charge in [0.05, 0.1) is 17.4 Å². The van der Waals surface area contributed by atoms with E-state index in [1.54, 1.807) is 32.7 Å². The Morgan fingerprint density at radius 1 is 1.30 bits per heavy atom. The maximum atomic E-state index is 12.7. The van der Waals surface area contributed by atoms with Gasteiger partial charge in [-0.15, -0.1) is 12.4 Å². The van der Waals surface area contributed by atoms with Crippen LogP contribution in [0.1, 0.15) is 37.6 Å². The van der Waals surface area contributed by atoms with Gasteiger partial charge in [-0.2, -0.15) is 9.82 Å². The number of carbonyl (C=O) groups is 1.